The monoisotopic (exact) mass is 212 g/mol. The third-order valence-corrected chi connectivity index (χ3v) is 3.87. The fraction of sp³-hybridized carbons (Fsp3) is 1.00. The molecule has 0 aromatic carbocycles. The van der Waals surface area contributed by atoms with Crippen LogP contribution in [-0.4, -0.2) is 37.6 Å². The molecule has 0 radical (unpaired) electrons. The second-order valence-corrected chi connectivity index (χ2v) is 5.35. The van der Waals surface area contributed by atoms with E-state index in [1.165, 1.54) is 25.8 Å². The van der Waals surface area contributed by atoms with Crippen LogP contribution < -0.4 is 5.32 Å². The molecule has 1 aliphatic carbocycles. The van der Waals surface area contributed by atoms with E-state index in [0.717, 1.165) is 31.0 Å². The molecule has 0 aromatic heterocycles. The summed E-state index contributed by atoms with van der Waals surface area (Å²) >= 11 is 0. The van der Waals surface area contributed by atoms with Gasteiger partial charge in [0.25, 0.3) is 0 Å². The minimum Gasteiger partial charge on any atom is -0.312 e. The van der Waals surface area contributed by atoms with Gasteiger partial charge in [0.2, 0.25) is 0 Å². The van der Waals surface area contributed by atoms with E-state index in [2.05, 4.69) is 38.0 Å². The van der Waals surface area contributed by atoms with Gasteiger partial charge >= 0.3 is 0 Å². The van der Waals surface area contributed by atoms with Crippen LogP contribution in [-0.2, 0) is 0 Å². The molecule has 1 N–H and O–H groups in total. The summed E-state index contributed by atoms with van der Waals surface area (Å²) in [6, 6.07) is 0.770. The van der Waals surface area contributed by atoms with Crippen LogP contribution in [0.25, 0.3) is 0 Å². The molecule has 0 aromatic rings. The van der Waals surface area contributed by atoms with E-state index in [0.29, 0.717) is 0 Å². The maximum atomic E-state index is 3.72. The number of likely N-dealkylation sites (N-methyl/N-ethyl adjacent to an activating group) is 1. The molecule has 1 rings (SSSR count). The van der Waals surface area contributed by atoms with Crippen molar-refractivity contribution in [3.63, 3.8) is 0 Å². The first-order valence-corrected chi connectivity index (χ1v) is 6.55. The van der Waals surface area contributed by atoms with Gasteiger partial charge in [0.1, 0.15) is 0 Å². The van der Waals surface area contributed by atoms with Gasteiger partial charge in [-0.25, -0.2) is 0 Å². The quantitative estimate of drug-likeness (QED) is 0.752. The van der Waals surface area contributed by atoms with Gasteiger partial charge in [0.05, 0.1) is 0 Å². The second-order valence-electron chi connectivity index (χ2n) is 5.35. The fourth-order valence-electron chi connectivity index (χ4n) is 2.57. The Bertz CT molecular complexity index is 170. The molecule has 1 saturated carbocycles. The molecule has 90 valence electrons. The van der Waals surface area contributed by atoms with Crippen molar-refractivity contribution >= 4 is 0 Å². The zero-order valence-corrected chi connectivity index (χ0v) is 10.9. The molecule has 3 unspecified atom stereocenters. The summed E-state index contributed by atoms with van der Waals surface area (Å²) in [5.74, 6) is 1.80. The van der Waals surface area contributed by atoms with Gasteiger partial charge in [0.15, 0.2) is 0 Å². The van der Waals surface area contributed by atoms with E-state index < -0.39 is 0 Å². The summed E-state index contributed by atoms with van der Waals surface area (Å²) < 4.78 is 0. The summed E-state index contributed by atoms with van der Waals surface area (Å²) in [7, 11) is 2.19. The Labute approximate surface area is 95.4 Å². The lowest BCUT2D eigenvalue weighted by molar-refractivity contribution is 0.221. The molecule has 1 fully saturated rings. The molecule has 0 saturated heterocycles. The highest BCUT2D eigenvalue weighted by Crippen LogP contribution is 2.28. The molecule has 0 spiro atoms. The van der Waals surface area contributed by atoms with Crippen molar-refractivity contribution in [2.24, 2.45) is 11.8 Å². The summed E-state index contributed by atoms with van der Waals surface area (Å²) in [5, 5.41) is 3.72. The third kappa shape index (κ3) is 4.52. The van der Waals surface area contributed by atoms with Gasteiger partial charge < -0.3 is 10.2 Å². The standard InChI is InChI=1S/C13H28N2/c1-5-15(4)9-8-14-13-7-6-11(2)10-12(13)3/h11-14H,5-10H2,1-4H3. The highest BCUT2D eigenvalue weighted by atomic mass is 15.1. The molecule has 0 heterocycles. The predicted molar refractivity (Wildman–Crippen MR) is 67.1 cm³/mol. The Hall–Kier alpha value is -0.0800. The van der Waals surface area contributed by atoms with Crippen molar-refractivity contribution < 1.29 is 0 Å². The zero-order valence-electron chi connectivity index (χ0n) is 10.9. The summed E-state index contributed by atoms with van der Waals surface area (Å²) in [6.07, 6.45) is 4.19. The number of rotatable bonds is 5. The normalized spacial score (nSPS) is 32.2. The molecular weight excluding hydrogens is 184 g/mol. The van der Waals surface area contributed by atoms with E-state index in [-0.39, 0.29) is 0 Å². The van der Waals surface area contributed by atoms with Gasteiger partial charge in [-0.3, -0.25) is 0 Å². The van der Waals surface area contributed by atoms with Crippen LogP contribution in [0.2, 0.25) is 0 Å². The van der Waals surface area contributed by atoms with E-state index in [1.807, 2.05) is 0 Å². The van der Waals surface area contributed by atoms with E-state index >= 15 is 0 Å². The van der Waals surface area contributed by atoms with Crippen molar-refractivity contribution in [3.05, 3.63) is 0 Å². The van der Waals surface area contributed by atoms with Crippen LogP contribution in [0, 0.1) is 11.8 Å². The van der Waals surface area contributed by atoms with E-state index in [4.69, 9.17) is 0 Å². The molecule has 3 atom stereocenters. The van der Waals surface area contributed by atoms with E-state index in [9.17, 15) is 0 Å². The van der Waals surface area contributed by atoms with Crippen molar-refractivity contribution in [3.8, 4) is 0 Å². The number of nitrogens with one attached hydrogen (secondary N) is 1. The average Bonchev–Trinajstić information content (AvgIpc) is 2.21. The van der Waals surface area contributed by atoms with Crippen molar-refractivity contribution in [1.29, 1.82) is 0 Å². The van der Waals surface area contributed by atoms with Gasteiger partial charge in [0, 0.05) is 19.1 Å². The third-order valence-electron chi connectivity index (χ3n) is 3.87. The fourth-order valence-corrected chi connectivity index (χ4v) is 2.57. The molecule has 0 bridgehead atoms. The minimum absolute atomic E-state index is 0.770. The largest absolute Gasteiger partial charge is 0.312 e. The molecule has 0 aliphatic heterocycles. The predicted octanol–water partition coefficient (Wildman–Crippen LogP) is 2.35. The lowest BCUT2D eigenvalue weighted by Crippen LogP contribution is -2.42. The Kier molecular flexibility index (Phi) is 5.62. The van der Waals surface area contributed by atoms with Crippen LogP contribution in [0.3, 0.4) is 0 Å². The summed E-state index contributed by atoms with van der Waals surface area (Å²) in [4.78, 5) is 2.36. The lowest BCUT2D eigenvalue weighted by atomic mass is 9.80. The summed E-state index contributed by atoms with van der Waals surface area (Å²) in [6.45, 7) is 10.5. The smallest absolute Gasteiger partial charge is 0.0104 e. The first-order chi connectivity index (χ1) is 7.13. The topological polar surface area (TPSA) is 15.3 Å². The van der Waals surface area contributed by atoms with Gasteiger partial charge in [-0.2, -0.15) is 0 Å². The van der Waals surface area contributed by atoms with Gasteiger partial charge in [-0.15, -0.1) is 0 Å². The first kappa shape index (κ1) is 13.0. The van der Waals surface area contributed by atoms with Crippen LogP contribution in [0.4, 0.5) is 0 Å². The lowest BCUT2D eigenvalue weighted by Gasteiger charge is -2.33. The summed E-state index contributed by atoms with van der Waals surface area (Å²) in [5.41, 5.74) is 0. The Morgan fingerprint density at radius 2 is 2.00 bits per heavy atom. The van der Waals surface area contributed by atoms with Gasteiger partial charge in [-0.05, 0) is 44.7 Å². The van der Waals surface area contributed by atoms with Crippen LogP contribution in [0.5, 0.6) is 0 Å². The molecule has 2 heteroatoms. The highest BCUT2D eigenvalue weighted by Gasteiger charge is 2.24. The Morgan fingerprint density at radius 1 is 1.27 bits per heavy atom. The Balaban J connectivity index is 2.15. The maximum Gasteiger partial charge on any atom is 0.0104 e. The Morgan fingerprint density at radius 3 is 2.60 bits per heavy atom. The average molecular weight is 212 g/mol. The van der Waals surface area contributed by atoms with Crippen molar-refractivity contribution in [2.45, 2.75) is 46.1 Å². The number of hydrogen-bond donors (Lipinski definition) is 1. The second kappa shape index (κ2) is 6.49. The van der Waals surface area contributed by atoms with Crippen LogP contribution >= 0.6 is 0 Å². The highest BCUT2D eigenvalue weighted by molar-refractivity contribution is 4.81. The number of hydrogen-bond acceptors (Lipinski definition) is 2. The SMILES string of the molecule is CCN(C)CCNC1CCC(C)CC1C. The molecular formula is C13H28N2. The maximum absolute atomic E-state index is 3.72. The van der Waals surface area contributed by atoms with Crippen LogP contribution in [0.15, 0.2) is 0 Å². The molecule has 0 amide bonds. The first-order valence-electron chi connectivity index (χ1n) is 6.55. The van der Waals surface area contributed by atoms with E-state index in [1.54, 1.807) is 0 Å². The zero-order chi connectivity index (χ0) is 11.3. The molecule has 2 nitrogen and oxygen atoms in total. The van der Waals surface area contributed by atoms with Crippen LogP contribution in [0.1, 0.15) is 40.0 Å². The minimum atomic E-state index is 0.770. The van der Waals surface area contributed by atoms with Crippen molar-refractivity contribution in [2.75, 3.05) is 26.7 Å². The molecule has 15 heavy (non-hydrogen) atoms. The van der Waals surface area contributed by atoms with Crippen molar-refractivity contribution in [1.82, 2.24) is 10.2 Å². The number of nitrogens with zero attached hydrogens (tertiary/aromatic N) is 1. The molecule has 1 aliphatic rings. The van der Waals surface area contributed by atoms with Gasteiger partial charge in [-0.1, -0.05) is 20.8 Å².